The number of hydrogen-bond donors (Lipinski definition) is 0. The van der Waals surface area contributed by atoms with Crippen molar-refractivity contribution in [2.75, 3.05) is 6.61 Å². The lowest BCUT2D eigenvalue weighted by molar-refractivity contribution is -0.222. The molecule has 0 spiro atoms. The average Bonchev–Trinajstić information content (AvgIpc) is 2.25. The first-order chi connectivity index (χ1) is 8.81. The highest BCUT2D eigenvalue weighted by molar-refractivity contribution is 5.68. The first-order valence-corrected chi connectivity index (χ1v) is 5.94. The molecule has 0 saturated carbocycles. The molecule has 108 valence electrons. The van der Waals surface area contributed by atoms with E-state index >= 15 is 0 Å². The molecule has 0 aromatic rings. The summed E-state index contributed by atoms with van der Waals surface area (Å²) in [6.45, 7) is 5.48. The normalized spacial score (nSPS) is 30.3. The number of carbonyl (C=O) groups excluding carboxylic acids is 3. The molecule has 4 atom stereocenters. The maximum atomic E-state index is 11.1. The maximum absolute atomic E-state index is 11.1. The molecule has 1 saturated heterocycles. The molecule has 7 nitrogen and oxygen atoms in total. The molecule has 0 radical (unpaired) electrons. The summed E-state index contributed by atoms with van der Waals surface area (Å²) in [5, 5.41) is 0. The van der Waals surface area contributed by atoms with Crippen molar-refractivity contribution in [1.82, 2.24) is 0 Å². The predicted octanol–water partition coefficient (Wildman–Crippen LogP) is 0.200. The molecule has 7 heteroatoms. The zero-order valence-electron chi connectivity index (χ0n) is 11.4. The fourth-order valence-electron chi connectivity index (χ4n) is 1.92. The predicted molar refractivity (Wildman–Crippen MR) is 62.1 cm³/mol. The highest BCUT2D eigenvalue weighted by atomic mass is 16.6. The Morgan fingerprint density at radius 3 is 1.84 bits per heavy atom. The fraction of sp³-hybridized carbons (Fsp3) is 0.750. The van der Waals surface area contributed by atoms with E-state index in [1.54, 1.807) is 6.92 Å². The van der Waals surface area contributed by atoms with Gasteiger partial charge < -0.3 is 18.9 Å². The second-order valence-corrected chi connectivity index (χ2v) is 4.33. The van der Waals surface area contributed by atoms with Crippen LogP contribution in [0, 0.1) is 0 Å². The molecule has 1 aliphatic heterocycles. The van der Waals surface area contributed by atoms with Crippen LogP contribution in [-0.2, 0) is 33.3 Å². The molecular formula is C12H18O7. The van der Waals surface area contributed by atoms with Crippen LogP contribution in [-0.4, -0.2) is 48.9 Å². The van der Waals surface area contributed by atoms with Crippen molar-refractivity contribution >= 4 is 17.9 Å². The van der Waals surface area contributed by atoms with E-state index in [1.807, 2.05) is 0 Å². The third kappa shape index (κ3) is 4.51. The largest absolute Gasteiger partial charge is 0.456 e. The molecule has 0 aliphatic carbocycles. The Balaban J connectivity index is 2.89. The monoisotopic (exact) mass is 274 g/mol. The quantitative estimate of drug-likeness (QED) is 0.536. The van der Waals surface area contributed by atoms with Crippen LogP contribution in [0.5, 0.6) is 0 Å². The molecule has 0 aromatic heterocycles. The number of esters is 3. The van der Waals surface area contributed by atoms with Gasteiger partial charge in [-0.3, -0.25) is 14.4 Å². The average molecular weight is 274 g/mol. The number of ether oxygens (including phenoxy) is 4. The van der Waals surface area contributed by atoms with E-state index in [9.17, 15) is 14.4 Å². The van der Waals surface area contributed by atoms with Crippen LogP contribution >= 0.6 is 0 Å². The second kappa shape index (κ2) is 6.51. The Labute approximate surface area is 111 Å². The summed E-state index contributed by atoms with van der Waals surface area (Å²) in [5.74, 6) is -1.60. The SMILES string of the molecule is CC(=O)O[C@@H]1[C@H](OC(C)=O)C(C)OC[C@H]1OC(C)=O. The molecule has 1 unspecified atom stereocenters. The van der Waals surface area contributed by atoms with Crippen molar-refractivity contribution < 1.29 is 33.3 Å². The van der Waals surface area contributed by atoms with Gasteiger partial charge in [-0.15, -0.1) is 0 Å². The maximum Gasteiger partial charge on any atom is 0.303 e. The van der Waals surface area contributed by atoms with Crippen LogP contribution in [0.15, 0.2) is 0 Å². The Morgan fingerprint density at radius 2 is 1.37 bits per heavy atom. The van der Waals surface area contributed by atoms with Gasteiger partial charge in [-0.05, 0) is 6.92 Å². The zero-order valence-corrected chi connectivity index (χ0v) is 11.4. The van der Waals surface area contributed by atoms with Crippen molar-refractivity contribution in [3.05, 3.63) is 0 Å². The van der Waals surface area contributed by atoms with E-state index in [2.05, 4.69) is 0 Å². The van der Waals surface area contributed by atoms with Gasteiger partial charge in [0.25, 0.3) is 0 Å². The Bertz CT molecular complexity index is 365. The van der Waals surface area contributed by atoms with E-state index < -0.39 is 42.3 Å². The molecule has 19 heavy (non-hydrogen) atoms. The van der Waals surface area contributed by atoms with E-state index in [-0.39, 0.29) is 6.61 Å². The van der Waals surface area contributed by atoms with Gasteiger partial charge >= 0.3 is 17.9 Å². The lowest BCUT2D eigenvalue weighted by Gasteiger charge is -2.39. The minimum atomic E-state index is -0.867. The van der Waals surface area contributed by atoms with E-state index in [0.29, 0.717) is 0 Å². The third-order valence-electron chi connectivity index (χ3n) is 2.60. The van der Waals surface area contributed by atoms with Gasteiger partial charge in [0.2, 0.25) is 0 Å². The van der Waals surface area contributed by atoms with Gasteiger partial charge in [-0.2, -0.15) is 0 Å². The Kier molecular flexibility index (Phi) is 5.29. The molecule has 0 bridgehead atoms. The summed E-state index contributed by atoms with van der Waals surface area (Å²) in [7, 11) is 0. The van der Waals surface area contributed by atoms with E-state index in [0.717, 1.165) is 0 Å². The van der Waals surface area contributed by atoms with E-state index in [1.165, 1.54) is 20.8 Å². The van der Waals surface area contributed by atoms with E-state index in [4.69, 9.17) is 18.9 Å². The van der Waals surface area contributed by atoms with Crippen molar-refractivity contribution in [2.45, 2.75) is 52.1 Å². The number of hydrogen-bond acceptors (Lipinski definition) is 7. The van der Waals surface area contributed by atoms with Crippen LogP contribution in [0.25, 0.3) is 0 Å². The van der Waals surface area contributed by atoms with Gasteiger partial charge in [0.1, 0.15) is 0 Å². The van der Waals surface area contributed by atoms with Crippen LogP contribution in [0.4, 0.5) is 0 Å². The van der Waals surface area contributed by atoms with Gasteiger partial charge in [-0.25, -0.2) is 0 Å². The third-order valence-corrected chi connectivity index (χ3v) is 2.60. The van der Waals surface area contributed by atoms with Crippen molar-refractivity contribution in [1.29, 1.82) is 0 Å². The van der Waals surface area contributed by atoms with Crippen molar-refractivity contribution in [2.24, 2.45) is 0 Å². The number of rotatable bonds is 3. The summed E-state index contributed by atoms with van der Waals surface area (Å²) in [6, 6.07) is 0. The molecular weight excluding hydrogens is 256 g/mol. The summed E-state index contributed by atoms with van der Waals surface area (Å²) < 4.78 is 20.6. The van der Waals surface area contributed by atoms with Crippen molar-refractivity contribution in [3.8, 4) is 0 Å². The molecule has 0 aromatic carbocycles. The highest BCUT2D eigenvalue weighted by Crippen LogP contribution is 2.24. The van der Waals surface area contributed by atoms with Crippen LogP contribution in [0.1, 0.15) is 27.7 Å². The highest BCUT2D eigenvalue weighted by Gasteiger charge is 2.44. The zero-order chi connectivity index (χ0) is 14.6. The fourth-order valence-corrected chi connectivity index (χ4v) is 1.92. The summed E-state index contributed by atoms with van der Waals surface area (Å²) in [6.07, 6.45) is -2.92. The molecule has 0 N–H and O–H groups in total. The topological polar surface area (TPSA) is 88.1 Å². The summed E-state index contributed by atoms with van der Waals surface area (Å²) >= 11 is 0. The molecule has 1 heterocycles. The molecule has 1 fully saturated rings. The first-order valence-electron chi connectivity index (χ1n) is 5.94. The Morgan fingerprint density at radius 1 is 0.895 bits per heavy atom. The molecule has 1 aliphatic rings. The minimum absolute atomic E-state index is 0.0798. The molecule has 1 rings (SSSR count). The van der Waals surface area contributed by atoms with Gasteiger partial charge in [0.15, 0.2) is 18.3 Å². The first kappa shape index (κ1) is 15.4. The van der Waals surface area contributed by atoms with Crippen molar-refractivity contribution in [3.63, 3.8) is 0 Å². The lowest BCUT2D eigenvalue weighted by Crippen LogP contribution is -2.56. The van der Waals surface area contributed by atoms with Crippen LogP contribution in [0.3, 0.4) is 0 Å². The van der Waals surface area contributed by atoms with Gasteiger partial charge in [0.05, 0.1) is 12.7 Å². The summed E-state index contributed by atoms with van der Waals surface area (Å²) in [4.78, 5) is 33.3. The van der Waals surface area contributed by atoms with Gasteiger partial charge in [0, 0.05) is 20.8 Å². The minimum Gasteiger partial charge on any atom is -0.456 e. The summed E-state index contributed by atoms with van der Waals surface area (Å²) in [5.41, 5.74) is 0. The lowest BCUT2D eigenvalue weighted by atomic mass is 10.0. The molecule has 0 amide bonds. The van der Waals surface area contributed by atoms with Crippen LogP contribution in [0.2, 0.25) is 0 Å². The Hall–Kier alpha value is -1.63. The van der Waals surface area contributed by atoms with Gasteiger partial charge in [-0.1, -0.05) is 0 Å². The second-order valence-electron chi connectivity index (χ2n) is 4.33. The van der Waals surface area contributed by atoms with Crippen LogP contribution < -0.4 is 0 Å². The number of carbonyl (C=O) groups is 3. The smallest absolute Gasteiger partial charge is 0.303 e. The standard InChI is InChI=1S/C12H18O7/c1-6-11(18-8(3)14)12(19-9(4)15)10(5-16-6)17-7(2)13/h6,10-12H,5H2,1-4H3/t6?,10-,11-,12+/m1/s1.